The molecule has 1 saturated heterocycles. The maximum atomic E-state index is 5.53. The van der Waals surface area contributed by atoms with Crippen LogP contribution in [-0.2, 0) is 4.74 Å². The summed E-state index contributed by atoms with van der Waals surface area (Å²) in [6.45, 7) is 5.32. The number of unbranched alkanes of at least 4 members (excludes halogenated alkanes) is 2. The van der Waals surface area contributed by atoms with Gasteiger partial charge in [-0.1, -0.05) is 33.1 Å². The topological polar surface area (TPSA) is 21.3 Å². The van der Waals surface area contributed by atoms with Crippen LogP contribution in [0.15, 0.2) is 0 Å². The molecule has 1 N–H and O–H groups in total. The largest absolute Gasteiger partial charge is 0.362 e. The highest BCUT2D eigenvalue weighted by molar-refractivity contribution is 4.74. The van der Waals surface area contributed by atoms with E-state index < -0.39 is 0 Å². The Labute approximate surface area is 75.7 Å². The Morgan fingerprint density at radius 2 is 2.17 bits per heavy atom. The van der Waals surface area contributed by atoms with Gasteiger partial charge in [-0.2, -0.15) is 0 Å². The molecule has 0 saturated carbocycles. The van der Waals surface area contributed by atoms with E-state index in [0.717, 1.165) is 13.0 Å². The van der Waals surface area contributed by atoms with E-state index in [2.05, 4.69) is 19.2 Å². The van der Waals surface area contributed by atoms with Crippen molar-refractivity contribution in [2.75, 3.05) is 6.61 Å². The zero-order valence-electron chi connectivity index (χ0n) is 8.31. The molecule has 1 aliphatic rings. The van der Waals surface area contributed by atoms with Crippen LogP contribution >= 0.6 is 0 Å². The second-order valence-electron chi connectivity index (χ2n) is 3.59. The van der Waals surface area contributed by atoms with Crippen LogP contribution in [0.4, 0.5) is 0 Å². The summed E-state index contributed by atoms with van der Waals surface area (Å²) >= 11 is 0. The lowest BCUT2D eigenvalue weighted by molar-refractivity contribution is 0.0971. The number of nitrogens with one attached hydrogen (secondary N) is 1. The molecule has 0 spiro atoms. The molecule has 2 unspecified atom stereocenters. The molecule has 2 atom stereocenters. The average Bonchev–Trinajstić information content (AvgIpc) is 2.53. The molecule has 1 rings (SSSR count). The van der Waals surface area contributed by atoms with E-state index in [-0.39, 0.29) is 0 Å². The molecule has 0 aromatic carbocycles. The Morgan fingerprint density at radius 1 is 1.33 bits per heavy atom. The van der Waals surface area contributed by atoms with E-state index in [1.165, 1.54) is 25.7 Å². The normalized spacial score (nSPS) is 29.5. The van der Waals surface area contributed by atoms with Crippen LogP contribution in [-0.4, -0.2) is 18.9 Å². The minimum absolute atomic E-state index is 0.330. The predicted molar refractivity (Wildman–Crippen MR) is 51.1 cm³/mol. The van der Waals surface area contributed by atoms with Crippen LogP contribution < -0.4 is 5.32 Å². The van der Waals surface area contributed by atoms with E-state index in [9.17, 15) is 0 Å². The van der Waals surface area contributed by atoms with Gasteiger partial charge in [0.1, 0.15) is 6.23 Å². The fourth-order valence-electron chi connectivity index (χ4n) is 1.63. The molecule has 0 radical (unpaired) electrons. The average molecular weight is 171 g/mol. The minimum atomic E-state index is 0.330. The third kappa shape index (κ3) is 3.11. The number of rotatable bonds is 5. The van der Waals surface area contributed by atoms with Gasteiger partial charge in [-0.25, -0.2) is 0 Å². The van der Waals surface area contributed by atoms with Crippen molar-refractivity contribution in [2.24, 2.45) is 0 Å². The van der Waals surface area contributed by atoms with Gasteiger partial charge in [0, 0.05) is 6.04 Å². The van der Waals surface area contributed by atoms with Gasteiger partial charge >= 0.3 is 0 Å². The molecule has 72 valence electrons. The highest BCUT2D eigenvalue weighted by Crippen LogP contribution is 2.12. The lowest BCUT2D eigenvalue weighted by atomic mass is 10.1. The smallest absolute Gasteiger partial charge is 0.108 e. The Balaban J connectivity index is 2.03. The van der Waals surface area contributed by atoms with Crippen molar-refractivity contribution in [3.63, 3.8) is 0 Å². The standard InChI is InChI=1S/C10H21NO/c1-3-5-6-7-9-8-12-10(4-2)11-9/h9-11H,3-8H2,1-2H3. The quantitative estimate of drug-likeness (QED) is 0.641. The van der Waals surface area contributed by atoms with Crippen LogP contribution in [0.3, 0.4) is 0 Å². The lowest BCUT2D eigenvalue weighted by Gasteiger charge is -2.09. The Morgan fingerprint density at radius 3 is 2.75 bits per heavy atom. The number of ether oxygens (including phenoxy) is 1. The molecular formula is C10H21NO. The third-order valence-electron chi connectivity index (χ3n) is 2.45. The number of hydrogen-bond donors (Lipinski definition) is 1. The van der Waals surface area contributed by atoms with E-state index in [0.29, 0.717) is 12.3 Å². The predicted octanol–water partition coefficient (Wildman–Crippen LogP) is 2.29. The van der Waals surface area contributed by atoms with Gasteiger partial charge < -0.3 is 4.74 Å². The first-order valence-corrected chi connectivity index (χ1v) is 5.24. The highest BCUT2D eigenvalue weighted by Gasteiger charge is 2.21. The molecule has 2 nitrogen and oxygen atoms in total. The van der Waals surface area contributed by atoms with Crippen LogP contribution in [0, 0.1) is 0 Å². The summed E-state index contributed by atoms with van der Waals surface area (Å²) < 4.78 is 5.53. The maximum absolute atomic E-state index is 5.53. The fourth-order valence-corrected chi connectivity index (χ4v) is 1.63. The Kier molecular flexibility index (Phi) is 4.62. The van der Waals surface area contributed by atoms with E-state index >= 15 is 0 Å². The zero-order valence-corrected chi connectivity index (χ0v) is 8.31. The summed E-state index contributed by atoms with van der Waals surface area (Å²) in [5, 5.41) is 3.48. The van der Waals surface area contributed by atoms with Crippen molar-refractivity contribution in [1.82, 2.24) is 5.32 Å². The number of hydrogen-bond acceptors (Lipinski definition) is 2. The molecule has 0 aliphatic carbocycles. The molecule has 0 aromatic heterocycles. The molecule has 1 heterocycles. The first-order valence-electron chi connectivity index (χ1n) is 5.24. The van der Waals surface area contributed by atoms with Crippen molar-refractivity contribution in [3.8, 4) is 0 Å². The minimum Gasteiger partial charge on any atom is -0.362 e. The maximum Gasteiger partial charge on any atom is 0.108 e. The van der Waals surface area contributed by atoms with Gasteiger partial charge in [-0.3, -0.25) is 5.32 Å². The summed E-state index contributed by atoms with van der Waals surface area (Å²) in [6, 6.07) is 0.626. The van der Waals surface area contributed by atoms with Gasteiger partial charge in [-0.15, -0.1) is 0 Å². The Hall–Kier alpha value is -0.0800. The van der Waals surface area contributed by atoms with Gasteiger partial charge in [0.2, 0.25) is 0 Å². The molecule has 1 fully saturated rings. The molecule has 1 aliphatic heterocycles. The summed E-state index contributed by atoms with van der Waals surface area (Å²) in [5.74, 6) is 0. The van der Waals surface area contributed by atoms with Crippen LogP contribution in [0.5, 0.6) is 0 Å². The fraction of sp³-hybridized carbons (Fsp3) is 1.00. The van der Waals surface area contributed by atoms with Gasteiger partial charge in [0.25, 0.3) is 0 Å². The Bertz CT molecular complexity index is 116. The second-order valence-corrected chi connectivity index (χ2v) is 3.59. The van der Waals surface area contributed by atoms with Crippen molar-refractivity contribution in [2.45, 2.75) is 58.2 Å². The van der Waals surface area contributed by atoms with Crippen LogP contribution in [0.1, 0.15) is 46.0 Å². The van der Waals surface area contributed by atoms with Crippen LogP contribution in [0.2, 0.25) is 0 Å². The summed E-state index contributed by atoms with van der Waals surface area (Å²) in [6.07, 6.45) is 6.71. The van der Waals surface area contributed by atoms with Crippen LogP contribution in [0.25, 0.3) is 0 Å². The van der Waals surface area contributed by atoms with E-state index in [4.69, 9.17) is 4.74 Å². The summed E-state index contributed by atoms with van der Waals surface area (Å²) in [5.41, 5.74) is 0. The van der Waals surface area contributed by atoms with E-state index in [1.807, 2.05) is 0 Å². The summed E-state index contributed by atoms with van der Waals surface area (Å²) in [7, 11) is 0. The molecule has 2 heteroatoms. The first-order chi connectivity index (χ1) is 5.86. The molecule has 12 heavy (non-hydrogen) atoms. The van der Waals surface area contributed by atoms with Gasteiger partial charge in [0.05, 0.1) is 6.61 Å². The molecular weight excluding hydrogens is 150 g/mol. The highest BCUT2D eigenvalue weighted by atomic mass is 16.5. The van der Waals surface area contributed by atoms with Crippen molar-refractivity contribution >= 4 is 0 Å². The van der Waals surface area contributed by atoms with Gasteiger partial charge in [-0.05, 0) is 12.8 Å². The SMILES string of the molecule is CCCCCC1COC(CC)N1. The second kappa shape index (κ2) is 5.55. The lowest BCUT2D eigenvalue weighted by Crippen LogP contribution is -2.29. The molecule has 0 bridgehead atoms. The summed E-state index contributed by atoms with van der Waals surface area (Å²) in [4.78, 5) is 0. The third-order valence-corrected chi connectivity index (χ3v) is 2.45. The molecule has 0 amide bonds. The first kappa shape index (κ1) is 10.0. The van der Waals surface area contributed by atoms with Crippen molar-refractivity contribution < 1.29 is 4.74 Å². The molecule has 0 aromatic rings. The van der Waals surface area contributed by atoms with Crippen molar-refractivity contribution in [3.05, 3.63) is 0 Å². The monoisotopic (exact) mass is 171 g/mol. The zero-order chi connectivity index (χ0) is 8.81. The van der Waals surface area contributed by atoms with Gasteiger partial charge in [0.15, 0.2) is 0 Å². The van der Waals surface area contributed by atoms with E-state index in [1.54, 1.807) is 0 Å². The van der Waals surface area contributed by atoms with Crippen molar-refractivity contribution in [1.29, 1.82) is 0 Å².